The number of fused-ring (bicyclic) bond motifs is 2. The highest BCUT2D eigenvalue weighted by molar-refractivity contribution is 6.01. The lowest BCUT2D eigenvalue weighted by Gasteiger charge is -2.37. The summed E-state index contributed by atoms with van der Waals surface area (Å²) >= 11 is 0. The van der Waals surface area contributed by atoms with Crippen LogP contribution < -0.4 is 5.32 Å². The number of urea groups is 1. The highest BCUT2D eigenvalue weighted by Crippen LogP contribution is 2.43. The Morgan fingerprint density at radius 3 is 2.60 bits per heavy atom. The molecule has 2 atom stereocenters. The molecule has 5 heteroatoms. The maximum absolute atomic E-state index is 12.7. The number of carbonyl (C=O) groups excluding carboxylic acids is 2. The van der Waals surface area contributed by atoms with E-state index in [1.165, 1.54) is 20.0 Å². The van der Waals surface area contributed by atoms with Gasteiger partial charge in [-0.1, -0.05) is 30.3 Å². The third-order valence-electron chi connectivity index (χ3n) is 5.60. The van der Waals surface area contributed by atoms with E-state index in [1.807, 2.05) is 35.2 Å². The number of nitrogens with one attached hydrogen (secondary N) is 1. The van der Waals surface area contributed by atoms with Gasteiger partial charge in [-0.05, 0) is 49.2 Å². The Balaban J connectivity index is 1.66. The second kappa shape index (κ2) is 6.54. The number of benzene rings is 1. The Kier molecular flexibility index (Phi) is 4.24. The first-order valence-electron chi connectivity index (χ1n) is 9.12. The summed E-state index contributed by atoms with van der Waals surface area (Å²) in [5, 5.41) is 3.06. The Labute approximate surface area is 148 Å². The quantitative estimate of drug-likeness (QED) is 0.857. The van der Waals surface area contributed by atoms with Crippen LogP contribution >= 0.6 is 0 Å². The second-order valence-electron chi connectivity index (χ2n) is 7.24. The summed E-state index contributed by atoms with van der Waals surface area (Å²) in [6.45, 7) is 0.748. The van der Waals surface area contributed by atoms with Gasteiger partial charge in [0.1, 0.15) is 0 Å². The van der Waals surface area contributed by atoms with Crippen LogP contribution in [0, 0.1) is 5.92 Å². The topological polar surface area (TPSA) is 58.6 Å². The molecule has 2 amide bonds. The summed E-state index contributed by atoms with van der Waals surface area (Å²) in [7, 11) is 1.41. The molecule has 3 aliphatic rings. The number of rotatable bonds is 4. The molecule has 0 unspecified atom stereocenters. The minimum Gasteiger partial charge on any atom is -0.466 e. The summed E-state index contributed by atoms with van der Waals surface area (Å²) in [5.74, 6) is 0.325. The van der Waals surface area contributed by atoms with E-state index in [4.69, 9.17) is 4.74 Å². The number of esters is 1. The van der Waals surface area contributed by atoms with Crippen molar-refractivity contribution in [1.82, 2.24) is 10.2 Å². The van der Waals surface area contributed by atoms with Crippen LogP contribution in [-0.2, 0) is 9.53 Å². The molecule has 1 aromatic rings. The molecule has 5 nitrogen and oxygen atoms in total. The maximum Gasteiger partial charge on any atom is 0.336 e. The SMILES string of the molecule is COC(=O)C1=C(c2ccccc2)C[C@@H]2CC[C@H]1N2C(=O)NCC1CC1. The number of amides is 2. The van der Waals surface area contributed by atoms with E-state index in [2.05, 4.69) is 5.32 Å². The monoisotopic (exact) mass is 340 g/mol. The molecule has 1 N–H and O–H groups in total. The molecular weight excluding hydrogens is 316 g/mol. The molecule has 4 rings (SSSR count). The lowest BCUT2D eigenvalue weighted by atomic mass is 9.88. The van der Waals surface area contributed by atoms with Crippen molar-refractivity contribution in [3.05, 3.63) is 41.5 Å². The molecule has 1 saturated carbocycles. The first kappa shape index (κ1) is 16.2. The highest BCUT2D eigenvalue weighted by atomic mass is 16.5. The van der Waals surface area contributed by atoms with Gasteiger partial charge in [0.15, 0.2) is 0 Å². The van der Waals surface area contributed by atoms with Gasteiger partial charge < -0.3 is 15.0 Å². The van der Waals surface area contributed by atoms with Crippen LogP contribution in [-0.4, -0.2) is 42.6 Å². The molecule has 1 saturated heterocycles. The molecule has 2 heterocycles. The minimum absolute atomic E-state index is 0.0343. The van der Waals surface area contributed by atoms with Crippen LogP contribution in [0.4, 0.5) is 4.79 Å². The molecule has 0 spiro atoms. The molecule has 0 aromatic heterocycles. The Bertz CT molecular complexity index is 709. The van der Waals surface area contributed by atoms with Gasteiger partial charge in [-0.3, -0.25) is 0 Å². The average molecular weight is 340 g/mol. The Morgan fingerprint density at radius 2 is 1.92 bits per heavy atom. The Hall–Kier alpha value is -2.30. The summed E-state index contributed by atoms with van der Waals surface area (Å²) in [6, 6.07) is 9.93. The average Bonchev–Trinajstić information content (AvgIpc) is 3.43. The highest BCUT2D eigenvalue weighted by Gasteiger charge is 2.46. The van der Waals surface area contributed by atoms with Gasteiger partial charge >= 0.3 is 12.0 Å². The van der Waals surface area contributed by atoms with E-state index in [1.54, 1.807) is 0 Å². The van der Waals surface area contributed by atoms with Crippen molar-refractivity contribution in [3.8, 4) is 0 Å². The van der Waals surface area contributed by atoms with Gasteiger partial charge in [0.25, 0.3) is 0 Å². The number of ether oxygens (including phenoxy) is 1. The van der Waals surface area contributed by atoms with E-state index in [9.17, 15) is 9.59 Å². The van der Waals surface area contributed by atoms with Gasteiger partial charge in [0, 0.05) is 12.6 Å². The molecule has 2 bridgehead atoms. The summed E-state index contributed by atoms with van der Waals surface area (Å²) in [5.41, 5.74) is 2.74. The molecule has 2 fully saturated rings. The fraction of sp³-hybridized carbons (Fsp3) is 0.500. The van der Waals surface area contributed by atoms with E-state index >= 15 is 0 Å². The van der Waals surface area contributed by atoms with Gasteiger partial charge in [-0.15, -0.1) is 0 Å². The number of hydrogen-bond acceptors (Lipinski definition) is 3. The van der Waals surface area contributed by atoms with E-state index < -0.39 is 0 Å². The predicted octanol–water partition coefficient (Wildman–Crippen LogP) is 2.97. The van der Waals surface area contributed by atoms with Crippen LogP contribution in [0.25, 0.3) is 5.57 Å². The second-order valence-corrected chi connectivity index (χ2v) is 7.24. The number of nitrogens with zero attached hydrogens (tertiary/aromatic N) is 1. The minimum atomic E-state index is -0.316. The van der Waals surface area contributed by atoms with Crippen molar-refractivity contribution < 1.29 is 14.3 Å². The zero-order valence-electron chi connectivity index (χ0n) is 14.5. The van der Waals surface area contributed by atoms with Gasteiger partial charge in [0.05, 0.1) is 18.7 Å². The fourth-order valence-corrected chi connectivity index (χ4v) is 4.15. The smallest absolute Gasteiger partial charge is 0.336 e. The predicted molar refractivity (Wildman–Crippen MR) is 94.8 cm³/mol. The summed E-state index contributed by atoms with van der Waals surface area (Å²) in [6.07, 6.45) is 4.87. The maximum atomic E-state index is 12.7. The lowest BCUT2D eigenvalue weighted by Crippen LogP contribution is -2.51. The molecule has 132 valence electrons. The number of carbonyl (C=O) groups is 2. The van der Waals surface area contributed by atoms with Crippen molar-refractivity contribution in [2.75, 3.05) is 13.7 Å². The van der Waals surface area contributed by atoms with Crippen molar-refractivity contribution in [2.24, 2.45) is 5.92 Å². The Morgan fingerprint density at radius 1 is 1.16 bits per heavy atom. The van der Waals surface area contributed by atoms with Gasteiger partial charge in [0.2, 0.25) is 0 Å². The van der Waals surface area contributed by atoms with Gasteiger partial charge in [-0.25, -0.2) is 9.59 Å². The van der Waals surface area contributed by atoms with Crippen LogP contribution in [0.3, 0.4) is 0 Å². The van der Waals surface area contributed by atoms with E-state index in [0.29, 0.717) is 17.9 Å². The molecule has 25 heavy (non-hydrogen) atoms. The summed E-state index contributed by atoms with van der Waals surface area (Å²) in [4.78, 5) is 27.2. The van der Waals surface area contributed by atoms with Crippen molar-refractivity contribution >= 4 is 17.6 Å². The van der Waals surface area contributed by atoms with Crippen LogP contribution in [0.5, 0.6) is 0 Å². The molecular formula is C20H24N2O3. The molecule has 2 aliphatic heterocycles. The van der Waals surface area contributed by atoms with Crippen LogP contribution in [0.15, 0.2) is 35.9 Å². The molecule has 1 aromatic carbocycles. The lowest BCUT2D eigenvalue weighted by molar-refractivity contribution is -0.136. The zero-order chi connectivity index (χ0) is 17.4. The molecule has 0 radical (unpaired) electrons. The van der Waals surface area contributed by atoms with Crippen LogP contribution in [0.2, 0.25) is 0 Å². The third-order valence-corrected chi connectivity index (χ3v) is 5.60. The number of methoxy groups -OCH3 is 1. The largest absolute Gasteiger partial charge is 0.466 e. The standard InChI is InChI=1S/C20H24N2O3/c1-25-19(23)18-16(14-5-3-2-4-6-14)11-15-9-10-17(18)22(15)20(24)21-12-13-7-8-13/h2-6,13,15,17H,7-12H2,1H3,(H,21,24)/t15-,17+/m0/s1. The van der Waals surface area contributed by atoms with Crippen molar-refractivity contribution in [2.45, 2.75) is 44.2 Å². The van der Waals surface area contributed by atoms with Crippen LogP contribution in [0.1, 0.15) is 37.7 Å². The molecule has 1 aliphatic carbocycles. The first-order valence-corrected chi connectivity index (χ1v) is 9.12. The van der Waals surface area contributed by atoms with Crippen molar-refractivity contribution in [1.29, 1.82) is 0 Å². The van der Waals surface area contributed by atoms with Crippen molar-refractivity contribution in [3.63, 3.8) is 0 Å². The van der Waals surface area contributed by atoms with E-state index in [-0.39, 0.29) is 24.1 Å². The number of hydrogen-bond donors (Lipinski definition) is 1. The first-order chi connectivity index (χ1) is 12.2. The normalized spacial score (nSPS) is 25.1. The summed E-state index contributed by atoms with van der Waals surface area (Å²) < 4.78 is 5.07. The van der Waals surface area contributed by atoms with Gasteiger partial charge in [-0.2, -0.15) is 0 Å². The fourth-order valence-electron chi connectivity index (χ4n) is 4.15. The van der Waals surface area contributed by atoms with E-state index in [0.717, 1.165) is 30.5 Å². The third kappa shape index (κ3) is 3.03. The zero-order valence-corrected chi connectivity index (χ0v) is 14.5.